The van der Waals surface area contributed by atoms with E-state index in [4.69, 9.17) is 9.84 Å². The molecule has 1 aliphatic rings. The van der Waals surface area contributed by atoms with E-state index < -0.39 is 5.97 Å². The second-order valence-corrected chi connectivity index (χ2v) is 4.87. The lowest BCUT2D eigenvalue weighted by atomic mass is 9.96. The number of hydrogen-bond acceptors (Lipinski definition) is 4. The van der Waals surface area contributed by atoms with E-state index in [0.717, 1.165) is 12.8 Å². The molecule has 6 heteroatoms. The predicted octanol–water partition coefficient (Wildman–Crippen LogP) is 0.372. The molecule has 0 saturated carbocycles. The van der Waals surface area contributed by atoms with Gasteiger partial charge in [0, 0.05) is 19.5 Å². The van der Waals surface area contributed by atoms with Gasteiger partial charge in [-0.25, -0.2) is 0 Å². The van der Waals surface area contributed by atoms with E-state index in [0.29, 0.717) is 38.6 Å². The lowest BCUT2D eigenvalue weighted by Gasteiger charge is -2.23. The Kier molecular flexibility index (Phi) is 7.43. The average Bonchev–Trinajstić information content (AvgIpc) is 2.43. The number of carboxylic acids is 1. The van der Waals surface area contributed by atoms with Gasteiger partial charge in [0.1, 0.15) is 6.04 Å². The summed E-state index contributed by atoms with van der Waals surface area (Å²) in [5.41, 5.74) is 0. The quantitative estimate of drug-likeness (QED) is 0.594. The number of aliphatic carboxylic acids is 1. The SMILES string of the molecule is CCC(CCNC(=O)C1COCCN1)CCC(=O)O. The van der Waals surface area contributed by atoms with Gasteiger partial charge in [-0.15, -0.1) is 0 Å². The Hall–Kier alpha value is -1.14. The van der Waals surface area contributed by atoms with Crippen molar-refractivity contribution in [2.45, 2.75) is 38.6 Å². The van der Waals surface area contributed by atoms with Gasteiger partial charge in [-0.3, -0.25) is 9.59 Å². The molecule has 1 saturated heterocycles. The highest BCUT2D eigenvalue weighted by atomic mass is 16.5. The zero-order valence-electron chi connectivity index (χ0n) is 11.5. The average molecular weight is 272 g/mol. The minimum absolute atomic E-state index is 0.0345. The summed E-state index contributed by atoms with van der Waals surface area (Å²) in [7, 11) is 0. The molecular weight excluding hydrogens is 248 g/mol. The number of carboxylic acid groups (broad SMARTS) is 1. The van der Waals surface area contributed by atoms with Crippen molar-refractivity contribution in [3.05, 3.63) is 0 Å². The van der Waals surface area contributed by atoms with Gasteiger partial charge in [0.15, 0.2) is 0 Å². The van der Waals surface area contributed by atoms with E-state index in [1.165, 1.54) is 0 Å². The third-order valence-corrected chi connectivity index (χ3v) is 3.43. The van der Waals surface area contributed by atoms with E-state index in [1.807, 2.05) is 6.92 Å². The van der Waals surface area contributed by atoms with Gasteiger partial charge in [-0.1, -0.05) is 13.3 Å². The molecule has 2 unspecified atom stereocenters. The summed E-state index contributed by atoms with van der Waals surface area (Å²) in [6, 6.07) is -0.257. The number of morpholine rings is 1. The first kappa shape index (κ1) is 15.9. The van der Waals surface area contributed by atoms with Gasteiger partial charge in [0.25, 0.3) is 0 Å². The van der Waals surface area contributed by atoms with Crippen molar-refractivity contribution in [1.82, 2.24) is 10.6 Å². The predicted molar refractivity (Wildman–Crippen MR) is 70.9 cm³/mol. The number of ether oxygens (including phenoxy) is 1. The van der Waals surface area contributed by atoms with Crippen molar-refractivity contribution in [3.63, 3.8) is 0 Å². The van der Waals surface area contributed by atoms with Crippen LogP contribution in [0.2, 0.25) is 0 Å². The molecule has 0 aromatic carbocycles. The zero-order chi connectivity index (χ0) is 14.1. The van der Waals surface area contributed by atoms with Crippen molar-refractivity contribution in [2.75, 3.05) is 26.3 Å². The van der Waals surface area contributed by atoms with Crippen molar-refractivity contribution in [1.29, 1.82) is 0 Å². The number of hydrogen-bond donors (Lipinski definition) is 3. The van der Waals surface area contributed by atoms with Crippen LogP contribution in [0.1, 0.15) is 32.6 Å². The summed E-state index contributed by atoms with van der Waals surface area (Å²) in [6.45, 7) is 4.41. The molecule has 2 atom stereocenters. The van der Waals surface area contributed by atoms with Crippen molar-refractivity contribution in [3.8, 4) is 0 Å². The van der Waals surface area contributed by atoms with Crippen LogP contribution in [0.15, 0.2) is 0 Å². The first-order valence-electron chi connectivity index (χ1n) is 6.94. The van der Waals surface area contributed by atoms with Gasteiger partial charge < -0.3 is 20.5 Å². The molecule has 0 aliphatic carbocycles. The topological polar surface area (TPSA) is 87.7 Å². The molecule has 0 aromatic heterocycles. The van der Waals surface area contributed by atoms with E-state index in [-0.39, 0.29) is 18.4 Å². The number of carbonyl (C=O) groups is 2. The van der Waals surface area contributed by atoms with Crippen LogP contribution in [0.5, 0.6) is 0 Å². The molecule has 0 bridgehead atoms. The molecule has 1 rings (SSSR count). The maximum Gasteiger partial charge on any atom is 0.303 e. The molecule has 6 nitrogen and oxygen atoms in total. The fourth-order valence-corrected chi connectivity index (χ4v) is 2.14. The summed E-state index contributed by atoms with van der Waals surface area (Å²) in [4.78, 5) is 22.3. The third-order valence-electron chi connectivity index (χ3n) is 3.43. The van der Waals surface area contributed by atoms with Crippen LogP contribution in [0.4, 0.5) is 0 Å². The van der Waals surface area contributed by atoms with Gasteiger partial charge in [0.2, 0.25) is 5.91 Å². The molecule has 1 aliphatic heterocycles. The van der Waals surface area contributed by atoms with Crippen molar-refractivity contribution >= 4 is 11.9 Å². The maximum atomic E-state index is 11.8. The van der Waals surface area contributed by atoms with Gasteiger partial charge >= 0.3 is 5.97 Å². The summed E-state index contributed by atoms with van der Waals surface area (Å²) in [5, 5.41) is 14.6. The lowest BCUT2D eigenvalue weighted by molar-refractivity contribution is -0.137. The second kappa shape index (κ2) is 8.87. The minimum atomic E-state index is -0.758. The summed E-state index contributed by atoms with van der Waals surface area (Å²) in [5.74, 6) is -0.439. The van der Waals surface area contributed by atoms with Crippen LogP contribution < -0.4 is 10.6 Å². The summed E-state index contributed by atoms with van der Waals surface area (Å²) in [6.07, 6.45) is 2.63. The van der Waals surface area contributed by atoms with Crippen LogP contribution >= 0.6 is 0 Å². The summed E-state index contributed by atoms with van der Waals surface area (Å²) < 4.78 is 5.23. The molecule has 110 valence electrons. The minimum Gasteiger partial charge on any atom is -0.481 e. The van der Waals surface area contributed by atoms with E-state index in [9.17, 15) is 9.59 Å². The fraction of sp³-hybridized carbons (Fsp3) is 0.846. The van der Waals surface area contributed by atoms with Crippen molar-refractivity contribution < 1.29 is 19.4 Å². The number of amides is 1. The zero-order valence-corrected chi connectivity index (χ0v) is 11.5. The highest BCUT2D eigenvalue weighted by Gasteiger charge is 2.20. The number of carbonyl (C=O) groups excluding carboxylic acids is 1. The van der Waals surface area contributed by atoms with Crippen LogP contribution in [-0.4, -0.2) is 49.3 Å². The number of nitrogens with one attached hydrogen (secondary N) is 2. The highest BCUT2D eigenvalue weighted by molar-refractivity contribution is 5.81. The third kappa shape index (κ3) is 6.54. The van der Waals surface area contributed by atoms with Crippen LogP contribution in [0.25, 0.3) is 0 Å². The molecule has 1 fully saturated rings. The van der Waals surface area contributed by atoms with Gasteiger partial charge in [-0.05, 0) is 18.8 Å². The van der Waals surface area contributed by atoms with Crippen LogP contribution in [0.3, 0.4) is 0 Å². The van der Waals surface area contributed by atoms with Crippen LogP contribution in [0, 0.1) is 5.92 Å². The molecule has 0 spiro atoms. The lowest BCUT2D eigenvalue weighted by Crippen LogP contribution is -2.51. The first-order valence-corrected chi connectivity index (χ1v) is 6.94. The monoisotopic (exact) mass is 272 g/mol. The van der Waals surface area contributed by atoms with E-state index in [2.05, 4.69) is 10.6 Å². The standard InChI is InChI=1S/C13H24N2O4/c1-2-10(3-4-12(16)17)5-6-15-13(18)11-9-19-8-7-14-11/h10-11,14H,2-9H2,1H3,(H,15,18)(H,16,17). The molecule has 0 aromatic rings. The smallest absolute Gasteiger partial charge is 0.303 e. The number of rotatable bonds is 8. The normalized spacial score (nSPS) is 20.8. The highest BCUT2D eigenvalue weighted by Crippen LogP contribution is 2.14. The Balaban J connectivity index is 2.16. The molecule has 3 N–H and O–H groups in total. The molecule has 19 heavy (non-hydrogen) atoms. The molecule has 1 heterocycles. The first-order chi connectivity index (χ1) is 9.13. The Bertz CT molecular complexity index is 290. The van der Waals surface area contributed by atoms with E-state index >= 15 is 0 Å². The Morgan fingerprint density at radius 3 is 2.84 bits per heavy atom. The molecular formula is C13H24N2O4. The largest absolute Gasteiger partial charge is 0.481 e. The van der Waals surface area contributed by atoms with Gasteiger partial charge in [0.05, 0.1) is 13.2 Å². The van der Waals surface area contributed by atoms with E-state index in [1.54, 1.807) is 0 Å². The maximum absolute atomic E-state index is 11.8. The Morgan fingerprint density at radius 1 is 1.47 bits per heavy atom. The fourth-order valence-electron chi connectivity index (χ4n) is 2.14. The Morgan fingerprint density at radius 2 is 2.26 bits per heavy atom. The Labute approximate surface area is 113 Å². The van der Waals surface area contributed by atoms with Gasteiger partial charge in [-0.2, -0.15) is 0 Å². The molecule has 0 radical (unpaired) electrons. The van der Waals surface area contributed by atoms with Crippen LogP contribution in [-0.2, 0) is 14.3 Å². The summed E-state index contributed by atoms with van der Waals surface area (Å²) >= 11 is 0. The van der Waals surface area contributed by atoms with Crippen molar-refractivity contribution in [2.24, 2.45) is 5.92 Å². The molecule has 1 amide bonds. The second-order valence-electron chi connectivity index (χ2n) is 4.87.